The lowest BCUT2D eigenvalue weighted by Gasteiger charge is -2.17. The van der Waals surface area contributed by atoms with Crippen LogP contribution in [0.2, 0.25) is 0 Å². The van der Waals surface area contributed by atoms with E-state index in [1.54, 1.807) is 11.4 Å². The van der Waals surface area contributed by atoms with E-state index in [1.807, 2.05) is 24.3 Å². The van der Waals surface area contributed by atoms with E-state index in [1.165, 1.54) is 0 Å². The highest BCUT2D eigenvalue weighted by atomic mass is 32.2. The largest absolute Gasteiger partial charge is 0.460 e. The molecule has 1 aromatic rings. The van der Waals surface area contributed by atoms with E-state index in [-0.39, 0.29) is 12.6 Å². The maximum Gasteiger partial charge on any atom is 0.330 e. The van der Waals surface area contributed by atoms with Gasteiger partial charge in [-0.05, 0) is 11.6 Å². The van der Waals surface area contributed by atoms with Crippen molar-refractivity contribution in [3.63, 3.8) is 0 Å². The third-order valence-corrected chi connectivity index (χ3v) is 4.24. The van der Waals surface area contributed by atoms with Crippen LogP contribution in [0.25, 0.3) is 0 Å². The molecule has 1 aliphatic heterocycles. The summed E-state index contributed by atoms with van der Waals surface area (Å²) in [7, 11) is 0.579. The third kappa shape index (κ3) is 2.16. The van der Waals surface area contributed by atoms with E-state index in [9.17, 15) is 9.00 Å². The first-order valence-electron chi connectivity index (χ1n) is 5.18. The first kappa shape index (κ1) is 12.0. The molecule has 0 fully saturated rings. The molecule has 5 heteroatoms. The van der Waals surface area contributed by atoms with Crippen molar-refractivity contribution in [1.82, 2.24) is 4.31 Å². The van der Waals surface area contributed by atoms with Gasteiger partial charge in [-0.25, -0.2) is 13.3 Å². The SMILES string of the molecule is C=CC(=O)OCC1c2ccccc2S(=O)N1C. The van der Waals surface area contributed by atoms with Gasteiger partial charge in [0.05, 0.1) is 10.9 Å². The zero-order valence-electron chi connectivity index (χ0n) is 9.46. The second-order valence-corrected chi connectivity index (χ2v) is 5.20. The highest BCUT2D eigenvalue weighted by Crippen LogP contribution is 2.35. The van der Waals surface area contributed by atoms with E-state index >= 15 is 0 Å². The molecule has 0 saturated carbocycles. The van der Waals surface area contributed by atoms with Crippen LogP contribution >= 0.6 is 0 Å². The van der Waals surface area contributed by atoms with Crippen LogP contribution in [0.15, 0.2) is 41.8 Å². The molecule has 0 aliphatic carbocycles. The molecule has 0 amide bonds. The Bertz CT molecular complexity index is 486. The summed E-state index contributed by atoms with van der Waals surface area (Å²) < 4.78 is 18.7. The number of esters is 1. The number of hydrogen-bond acceptors (Lipinski definition) is 3. The summed E-state index contributed by atoms with van der Waals surface area (Å²) in [5.41, 5.74) is 0.949. The van der Waals surface area contributed by atoms with Crippen LogP contribution in [0.3, 0.4) is 0 Å². The Morgan fingerprint density at radius 2 is 2.29 bits per heavy atom. The van der Waals surface area contributed by atoms with Gasteiger partial charge in [0.1, 0.15) is 17.6 Å². The molecule has 2 unspecified atom stereocenters. The van der Waals surface area contributed by atoms with Gasteiger partial charge in [-0.15, -0.1) is 0 Å². The number of carbonyl (C=O) groups is 1. The molecule has 2 rings (SSSR count). The van der Waals surface area contributed by atoms with Gasteiger partial charge in [0.25, 0.3) is 0 Å². The summed E-state index contributed by atoms with van der Waals surface area (Å²) in [4.78, 5) is 11.8. The summed E-state index contributed by atoms with van der Waals surface area (Å²) in [6.07, 6.45) is 1.12. The van der Waals surface area contributed by atoms with Gasteiger partial charge in [-0.1, -0.05) is 24.8 Å². The lowest BCUT2D eigenvalue weighted by molar-refractivity contribution is -0.138. The number of likely N-dealkylation sites (N-methyl/N-ethyl adjacent to an activating group) is 1. The number of nitrogens with zero attached hydrogens (tertiary/aromatic N) is 1. The first-order valence-corrected chi connectivity index (χ1v) is 6.28. The van der Waals surface area contributed by atoms with Gasteiger partial charge >= 0.3 is 5.97 Å². The van der Waals surface area contributed by atoms with Crippen LogP contribution in [-0.4, -0.2) is 28.1 Å². The molecule has 4 nitrogen and oxygen atoms in total. The quantitative estimate of drug-likeness (QED) is 0.603. The minimum Gasteiger partial charge on any atom is -0.460 e. The van der Waals surface area contributed by atoms with Crippen molar-refractivity contribution in [1.29, 1.82) is 0 Å². The fourth-order valence-corrected chi connectivity index (χ4v) is 3.11. The standard InChI is InChI=1S/C12H13NO3S/c1-3-12(14)16-8-10-9-6-4-5-7-11(9)17(15)13(10)2/h3-7,10H,1,8H2,2H3. The Balaban J connectivity index is 2.21. The Morgan fingerprint density at radius 3 is 3.00 bits per heavy atom. The molecule has 0 bridgehead atoms. The molecule has 90 valence electrons. The zero-order valence-corrected chi connectivity index (χ0v) is 10.3. The third-order valence-electron chi connectivity index (χ3n) is 2.72. The van der Waals surface area contributed by atoms with Gasteiger partial charge in [0.15, 0.2) is 0 Å². The molecule has 0 aromatic heterocycles. The van der Waals surface area contributed by atoms with E-state index in [0.29, 0.717) is 0 Å². The summed E-state index contributed by atoms with van der Waals surface area (Å²) in [6.45, 7) is 3.52. The number of hydrogen-bond donors (Lipinski definition) is 0. The van der Waals surface area contributed by atoms with E-state index in [2.05, 4.69) is 6.58 Å². The second kappa shape index (κ2) is 4.81. The average Bonchev–Trinajstić information content (AvgIpc) is 2.60. The van der Waals surface area contributed by atoms with Crippen molar-refractivity contribution in [3.05, 3.63) is 42.5 Å². The fourth-order valence-electron chi connectivity index (χ4n) is 1.80. The van der Waals surface area contributed by atoms with Crippen molar-refractivity contribution in [2.75, 3.05) is 13.7 Å². The summed E-state index contributed by atoms with van der Waals surface area (Å²) >= 11 is 0. The number of carbonyl (C=O) groups excluding carboxylic acids is 1. The molecule has 1 aliphatic rings. The number of benzene rings is 1. The average molecular weight is 251 g/mol. The predicted octanol–water partition coefficient (Wildman–Crippen LogP) is 1.42. The molecule has 0 spiro atoms. The van der Waals surface area contributed by atoms with Gasteiger partial charge in [-0.2, -0.15) is 0 Å². The minimum atomic E-state index is -1.17. The van der Waals surface area contributed by atoms with Crippen molar-refractivity contribution >= 4 is 17.0 Å². The van der Waals surface area contributed by atoms with Crippen LogP contribution < -0.4 is 0 Å². The molecule has 1 heterocycles. The van der Waals surface area contributed by atoms with Crippen LogP contribution in [0.4, 0.5) is 0 Å². The van der Waals surface area contributed by atoms with Crippen molar-refractivity contribution in [2.45, 2.75) is 10.9 Å². The maximum absolute atomic E-state index is 12.0. The summed E-state index contributed by atoms with van der Waals surface area (Å²) in [5, 5.41) is 0. The Hall–Kier alpha value is -1.46. The lowest BCUT2D eigenvalue weighted by atomic mass is 10.1. The monoisotopic (exact) mass is 251 g/mol. The Kier molecular flexibility index (Phi) is 3.40. The number of rotatable bonds is 3. The highest BCUT2D eigenvalue weighted by molar-refractivity contribution is 7.83. The van der Waals surface area contributed by atoms with Crippen LogP contribution in [-0.2, 0) is 20.5 Å². The molecule has 0 N–H and O–H groups in total. The van der Waals surface area contributed by atoms with Crippen LogP contribution in [0.1, 0.15) is 11.6 Å². The topological polar surface area (TPSA) is 46.6 Å². The van der Waals surface area contributed by atoms with Crippen molar-refractivity contribution in [2.24, 2.45) is 0 Å². The molecule has 0 saturated heterocycles. The van der Waals surface area contributed by atoms with Gasteiger partial charge in [-0.3, -0.25) is 0 Å². The second-order valence-electron chi connectivity index (χ2n) is 3.68. The lowest BCUT2D eigenvalue weighted by Crippen LogP contribution is -2.24. The maximum atomic E-state index is 12.0. The van der Waals surface area contributed by atoms with Crippen molar-refractivity contribution in [3.8, 4) is 0 Å². The predicted molar refractivity (Wildman–Crippen MR) is 64.5 cm³/mol. The molecular formula is C12H13NO3S. The normalized spacial score (nSPS) is 23.1. The molecule has 17 heavy (non-hydrogen) atoms. The van der Waals surface area contributed by atoms with E-state index < -0.39 is 17.0 Å². The highest BCUT2D eigenvalue weighted by Gasteiger charge is 2.34. The number of ether oxygens (including phenoxy) is 1. The molecule has 2 atom stereocenters. The first-order chi connectivity index (χ1) is 8.15. The van der Waals surface area contributed by atoms with Crippen LogP contribution in [0, 0.1) is 0 Å². The number of fused-ring (bicyclic) bond motifs is 1. The van der Waals surface area contributed by atoms with Crippen LogP contribution in [0.5, 0.6) is 0 Å². The fraction of sp³-hybridized carbons (Fsp3) is 0.250. The summed E-state index contributed by atoms with van der Waals surface area (Å²) in [5.74, 6) is -0.464. The van der Waals surface area contributed by atoms with Gasteiger partial charge in [0, 0.05) is 13.1 Å². The van der Waals surface area contributed by atoms with Crippen molar-refractivity contribution < 1.29 is 13.7 Å². The summed E-state index contributed by atoms with van der Waals surface area (Å²) in [6, 6.07) is 7.32. The van der Waals surface area contributed by atoms with Gasteiger partial charge in [0.2, 0.25) is 0 Å². The minimum absolute atomic E-state index is 0.157. The molecule has 1 aromatic carbocycles. The smallest absolute Gasteiger partial charge is 0.330 e. The zero-order chi connectivity index (χ0) is 12.4. The molecule has 0 radical (unpaired) electrons. The van der Waals surface area contributed by atoms with Gasteiger partial charge < -0.3 is 4.74 Å². The van der Waals surface area contributed by atoms with E-state index in [4.69, 9.17) is 4.74 Å². The Morgan fingerprint density at radius 1 is 1.59 bits per heavy atom. The van der Waals surface area contributed by atoms with E-state index in [0.717, 1.165) is 16.5 Å². The molecular weight excluding hydrogens is 238 g/mol. The Labute approximate surface area is 102 Å².